The number of carbonyl (C=O) groups excluding carboxylic acids is 2. The summed E-state index contributed by atoms with van der Waals surface area (Å²) in [6.45, 7) is 1.85. The summed E-state index contributed by atoms with van der Waals surface area (Å²) in [7, 11) is 2.98. The van der Waals surface area contributed by atoms with Crippen LogP contribution in [0.25, 0.3) is 6.08 Å². The summed E-state index contributed by atoms with van der Waals surface area (Å²) >= 11 is 14.8. The second-order valence-corrected chi connectivity index (χ2v) is 7.83. The first-order valence-electron chi connectivity index (χ1n) is 8.36. The van der Waals surface area contributed by atoms with Crippen molar-refractivity contribution in [2.24, 2.45) is 0 Å². The third-order valence-electron chi connectivity index (χ3n) is 4.29. The van der Waals surface area contributed by atoms with Gasteiger partial charge in [0.1, 0.15) is 5.57 Å². The van der Waals surface area contributed by atoms with Gasteiger partial charge in [0, 0.05) is 15.1 Å². The van der Waals surface area contributed by atoms with E-state index in [1.54, 1.807) is 30.3 Å². The molecule has 0 radical (unpaired) electrons. The fraction of sp³-hybridized carbons (Fsp3) is 0.150. The molecular weight excluding hydrogens is 480 g/mol. The minimum Gasteiger partial charge on any atom is -0.493 e. The van der Waals surface area contributed by atoms with Crippen molar-refractivity contribution in [3.63, 3.8) is 0 Å². The van der Waals surface area contributed by atoms with Crippen molar-refractivity contribution >= 4 is 68.4 Å². The molecule has 6 nitrogen and oxygen atoms in total. The van der Waals surface area contributed by atoms with Gasteiger partial charge in [-0.1, -0.05) is 33.6 Å². The maximum atomic E-state index is 13.2. The smallest absolute Gasteiger partial charge is 0.270 e. The lowest BCUT2D eigenvalue weighted by molar-refractivity contribution is -0.122. The highest BCUT2D eigenvalue weighted by atomic mass is 79.9. The van der Waals surface area contributed by atoms with Crippen LogP contribution in [0.15, 0.2) is 40.4 Å². The van der Waals surface area contributed by atoms with E-state index in [4.69, 9.17) is 33.3 Å². The highest BCUT2D eigenvalue weighted by Crippen LogP contribution is 2.36. The van der Waals surface area contributed by atoms with Gasteiger partial charge in [-0.25, -0.2) is 0 Å². The van der Waals surface area contributed by atoms with Crippen LogP contribution in [0.4, 0.5) is 5.69 Å². The molecule has 1 saturated heterocycles. The van der Waals surface area contributed by atoms with Crippen molar-refractivity contribution in [3.05, 3.63) is 56.5 Å². The Morgan fingerprint density at radius 3 is 2.52 bits per heavy atom. The van der Waals surface area contributed by atoms with E-state index < -0.39 is 11.8 Å². The van der Waals surface area contributed by atoms with Gasteiger partial charge in [-0.2, -0.15) is 0 Å². The number of nitrogens with one attached hydrogen (secondary N) is 1. The number of thiocarbonyl (C=S) groups is 1. The zero-order valence-electron chi connectivity index (χ0n) is 15.7. The maximum Gasteiger partial charge on any atom is 0.270 e. The summed E-state index contributed by atoms with van der Waals surface area (Å²) in [6.07, 6.45) is 1.44. The number of amides is 2. The first-order chi connectivity index (χ1) is 13.8. The zero-order valence-corrected chi connectivity index (χ0v) is 18.9. The van der Waals surface area contributed by atoms with Gasteiger partial charge in [-0.15, -0.1) is 0 Å². The number of nitrogens with zero attached hydrogens (tertiary/aromatic N) is 1. The topological polar surface area (TPSA) is 67.9 Å². The van der Waals surface area contributed by atoms with Gasteiger partial charge in [-0.05, 0) is 55.0 Å². The number of methoxy groups -OCH3 is 2. The molecule has 1 fully saturated rings. The summed E-state index contributed by atoms with van der Waals surface area (Å²) in [5, 5.41) is 3.01. The van der Waals surface area contributed by atoms with Crippen LogP contribution in [-0.2, 0) is 9.59 Å². The Bertz CT molecular complexity index is 1070. The van der Waals surface area contributed by atoms with E-state index in [1.807, 2.05) is 6.92 Å². The molecule has 0 unspecified atom stereocenters. The number of halogens is 2. The van der Waals surface area contributed by atoms with Crippen LogP contribution in [-0.4, -0.2) is 31.1 Å². The van der Waals surface area contributed by atoms with Crippen LogP contribution >= 0.6 is 39.7 Å². The van der Waals surface area contributed by atoms with Crippen molar-refractivity contribution in [2.75, 3.05) is 19.1 Å². The Kier molecular flexibility index (Phi) is 6.26. The first kappa shape index (κ1) is 21.3. The van der Waals surface area contributed by atoms with E-state index in [2.05, 4.69) is 21.2 Å². The number of benzene rings is 2. The maximum absolute atomic E-state index is 13.2. The van der Waals surface area contributed by atoms with Crippen molar-refractivity contribution in [1.29, 1.82) is 0 Å². The van der Waals surface area contributed by atoms with Gasteiger partial charge in [0.2, 0.25) is 0 Å². The van der Waals surface area contributed by atoms with Crippen LogP contribution in [0.2, 0.25) is 5.02 Å². The molecule has 0 aromatic heterocycles. The third kappa shape index (κ3) is 4.14. The third-order valence-corrected chi connectivity index (χ3v) is 5.44. The van der Waals surface area contributed by atoms with E-state index in [-0.39, 0.29) is 10.7 Å². The Hall–Kier alpha value is -2.42. The van der Waals surface area contributed by atoms with Crippen LogP contribution in [0.1, 0.15) is 11.1 Å². The van der Waals surface area contributed by atoms with Crippen molar-refractivity contribution in [1.82, 2.24) is 5.32 Å². The lowest BCUT2D eigenvalue weighted by Crippen LogP contribution is -2.54. The number of anilines is 1. The molecule has 3 rings (SSSR count). The Morgan fingerprint density at radius 2 is 1.90 bits per heavy atom. The SMILES string of the molecule is COc1cc(Br)cc(/C=C2\C(=O)NC(=S)N(c3ccc(C)c(Cl)c3)C2=O)c1OC. The molecule has 0 atom stereocenters. The molecule has 1 aliphatic rings. The predicted octanol–water partition coefficient (Wildman–Crippen LogP) is 4.26. The normalized spacial score (nSPS) is 15.6. The molecule has 9 heteroatoms. The molecule has 29 heavy (non-hydrogen) atoms. The molecule has 0 saturated carbocycles. The summed E-state index contributed by atoms with van der Waals surface area (Å²) in [6, 6.07) is 8.55. The van der Waals surface area contributed by atoms with E-state index in [0.29, 0.717) is 32.2 Å². The molecule has 0 bridgehead atoms. The molecular formula is C20H16BrClN2O4S. The lowest BCUT2D eigenvalue weighted by Gasteiger charge is -2.29. The Morgan fingerprint density at radius 1 is 1.17 bits per heavy atom. The van der Waals surface area contributed by atoms with Crippen molar-refractivity contribution < 1.29 is 19.1 Å². The number of aryl methyl sites for hydroxylation is 1. The molecule has 2 aromatic carbocycles. The Labute approximate surface area is 186 Å². The average molecular weight is 496 g/mol. The quantitative estimate of drug-likeness (QED) is 0.390. The summed E-state index contributed by atoms with van der Waals surface area (Å²) in [5.74, 6) is -0.327. The second-order valence-electron chi connectivity index (χ2n) is 6.12. The number of hydrogen-bond donors (Lipinski definition) is 1. The fourth-order valence-corrected chi connectivity index (χ4v) is 3.74. The largest absolute Gasteiger partial charge is 0.493 e. The number of rotatable bonds is 4. The summed E-state index contributed by atoms with van der Waals surface area (Å²) in [4.78, 5) is 26.9. The van der Waals surface area contributed by atoms with E-state index in [9.17, 15) is 9.59 Å². The van der Waals surface area contributed by atoms with Crippen LogP contribution < -0.4 is 19.7 Å². The highest BCUT2D eigenvalue weighted by molar-refractivity contribution is 9.10. The van der Waals surface area contributed by atoms with Gasteiger partial charge < -0.3 is 9.47 Å². The van der Waals surface area contributed by atoms with Crippen LogP contribution in [0.5, 0.6) is 11.5 Å². The number of hydrogen-bond acceptors (Lipinski definition) is 5. The molecule has 1 aliphatic heterocycles. The number of carbonyl (C=O) groups is 2. The van der Waals surface area contributed by atoms with E-state index in [1.165, 1.54) is 25.2 Å². The summed E-state index contributed by atoms with van der Waals surface area (Å²) < 4.78 is 11.4. The standard InChI is InChI=1S/C20H16BrClN2O4S/c1-10-4-5-13(9-15(10)22)24-19(26)14(18(25)23-20(24)29)7-11-6-12(21)8-16(27-2)17(11)28-3/h4-9H,1-3H3,(H,23,25,29)/b14-7+. The molecule has 0 spiro atoms. The zero-order chi connectivity index (χ0) is 21.3. The van der Waals surface area contributed by atoms with Crippen LogP contribution in [0.3, 0.4) is 0 Å². The second kappa shape index (κ2) is 8.52. The monoisotopic (exact) mass is 494 g/mol. The molecule has 1 N–H and O–H groups in total. The van der Waals surface area contributed by atoms with Gasteiger partial charge >= 0.3 is 0 Å². The summed E-state index contributed by atoms with van der Waals surface area (Å²) in [5.41, 5.74) is 1.71. The minimum absolute atomic E-state index is 0.0177. The molecule has 0 aliphatic carbocycles. The van der Waals surface area contributed by atoms with Gasteiger partial charge in [-0.3, -0.25) is 19.8 Å². The van der Waals surface area contributed by atoms with E-state index >= 15 is 0 Å². The average Bonchev–Trinajstić information content (AvgIpc) is 2.67. The van der Waals surface area contributed by atoms with Gasteiger partial charge in [0.15, 0.2) is 16.6 Å². The van der Waals surface area contributed by atoms with Gasteiger partial charge in [0.05, 0.1) is 19.9 Å². The molecule has 2 aromatic rings. The molecule has 150 valence electrons. The number of ether oxygens (including phenoxy) is 2. The van der Waals surface area contributed by atoms with Crippen LogP contribution in [0, 0.1) is 6.92 Å². The fourth-order valence-electron chi connectivity index (χ4n) is 2.83. The van der Waals surface area contributed by atoms with Gasteiger partial charge in [0.25, 0.3) is 11.8 Å². The van der Waals surface area contributed by atoms with Crippen molar-refractivity contribution in [2.45, 2.75) is 6.92 Å². The lowest BCUT2D eigenvalue weighted by atomic mass is 10.1. The van der Waals surface area contributed by atoms with Crippen molar-refractivity contribution in [3.8, 4) is 11.5 Å². The Balaban J connectivity index is 2.11. The minimum atomic E-state index is -0.601. The first-order valence-corrected chi connectivity index (χ1v) is 9.94. The molecule has 1 heterocycles. The predicted molar refractivity (Wildman–Crippen MR) is 120 cm³/mol. The highest BCUT2D eigenvalue weighted by Gasteiger charge is 2.35. The molecule has 2 amide bonds. The van der Waals surface area contributed by atoms with E-state index in [0.717, 1.165) is 5.56 Å².